The molecule has 0 amide bonds. The number of nitrogen functional groups attached to an aromatic ring is 1. The highest BCUT2D eigenvalue weighted by Gasteiger charge is 2.29. The van der Waals surface area contributed by atoms with Gasteiger partial charge in [0.2, 0.25) is 0 Å². The van der Waals surface area contributed by atoms with Crippen molar-refractivity contribution < 1.29 is 4.74 Å². The Hall–Kier alpha value is -1.36. The molecule has 0 aliphatic heterocycles. The Labute approximate surface area is 89.1 Å². The van der Waals surface area contributed by atoms with Crippen LogP contribution in [0.1, 0.15) is 19.8 Å². The molecular weight excluding hydrogens is 192 g/mol. The van der Waals surface area contributed by atoms with E-state index < -0.39 is 0 Å². The first-order valence-corrected chi connectivity index (χ1v) is 5.23. The molecule has 0 aromatic carbocycles. The molecule has 3 N–H and O–H groups in total. The highest BCUT2D eigenvalue weighted by atomic mass is 16.5. The minimum absolute atomic E-state index is 0.399. The molecule has 1 aliphatic carbocycles. The number of hydrogen-bond acceptors (Lipinski definition) is 5. The molecule has 1 aromatic heterocycles. The molecule has 5 nitrogen and oxygen atoms in total. The number of aromatic nitrogens is 2. The third-order valence-corrected chi connectivity index (χ3v) is 2.58. The van der Waals surface area contributed by atoms with Crippen molar-refractivity contribution >= 4 is 11.5 Å². The van der Waals surface area contributed by atoms with E-state index >= 15 is 0 Å². The van der Waals surface area contributed by atoms with Crippen LogP contribution in [0.3, 0.4) is 0 Å². The molecule has 15 heavy (non-hydrogen) atoms. The molecule has 0 atom stereocenters. The van der Waals surface area contributed by atoms with Gasteiger partial charge in [-0.05, 0) is 19.8 Å². The zero-order valence-corrected chi connectivity index (χ0v) is 8.81. The van der Waals surface area contributed by atoms with Crippen LogP contribution in [0.25, 0.3) is 0 Å². The van der Waals surface area contributed by atoms with Crippen LogP contribution in [-0.4, -0.2) is 28.7 Å². The number of nitrogens with zero attached hydrogens (tertiary/aromatic N) is 2. The first-order chi connectivity index (χ1) is 7.29. The summed E-state index contributed by atoms with van der Waals surface area (Å²) in [6, 6.07) is 0.429. The van der Waals surface area contributed by atoms with Gasteiger partial charge in [-0.1, -0.05) is 0 Å². The monoisotopic (exact) mass is 208 g/mol. The van der Waals surface area contributed by atoms with E-state index in [4.69, 9.17) is 10.5 Å². The van der Waals surface area contributed by atoms with Crippen molar-refractivity contribution in [2.75, 3.05) is 17.7 Å². The predicted molar refractivity (Wildman–Crippen MR) is 58.5 cm³/mol. The second-order valence-corrected chi connectivity index (χ2v) is 3.72. The highest BCUT2D eigenvalue weighted by molar-refractivity contribution is 5.59. The summed E-state index contributed by atoms with van der Waals surface area (Å²) in [5.74, 6) is 0.727. The maximum absolute atomic E-state index is 5.72. The molecule has 0 bridgehead atoms. The fraction of sp³-hybridized carbons (Fsp3) is 0.600. The molecule has 0 unspecified atom stereocenters. The van der Waals surface area contributed by atoms with Gasteiger partial charge in [0.05, 0.1) is 18.0 Å². The first-order valence-electron chi connectivity index (χ1n) is 5.23. The highest BCUT2D eigenvalue weighted by Crippen LogP contribution is 2.27. The molecule has 1 saturated carbocycles. The van der Waals surface area contributed by atoms with Crippen molar-refractivity contribution in [1.29, 1.82) is 0 Å². The average molecular weight is 208 g/mol. The van der Waals surface area contributed by atoms with Crippen LogP contribution in [0.5, 0.6) is 0 Å². The van der Waals surface area contributed by atoms with Gasteiger partial charge in [-0.15, -0.1) is 0 Å². The number of ether oxygens (including phenoxy) is 1. The zero-order chi connectivity index (χ0) is 10.7. The van der Waals surface area contributed by atoms with E-state index in [1.165, 1.54) is 6.33 Å². The largest absolute Gasteiger partial charge is 0.394 e. The van der Waals surface area contributed by atoms with E-state index in [0.29, 0.717) is 17.8 Å². The van der Waals surface area contributed by atoms with E-state index in [2.05, 4.69) is 15.3 Å². The number of anilines is 2. The Bertz CT molecular complexity index is 325. The Morgan fingerprint density at radius 1 is 1.60 bits per heavy atom. The Balaban J connectivity index is 1.82. The maximum Gasteiger partial charge on any atom is 0.152 e. The van der Waals surface area contributed by atoms with Gasteiger partial charge in [-0.25, -0.2) is 9.97 Å². The Morgan fingerprint density at radius 2 is 2.40 bits per heavy atom. The normalized spacial score (nSPS) is 24.6. The lowest BCUT2D eigenvalue weighted by Crippen LogP contribution is -2.41. The van der Waals surface area contributed by atoms with Crippen LogP contribution in [0.15, 0.2) is 12.5 Å². The lowest BCUT2D eigenvalue weighted by molar-refractivity contribution is 0.00293. The molecule has 1 aliphatic rings. The third kappa shape index (κ3) is 2.36. The molecular formula is C10H16N4O. The fourth-order valence-electron chi connectivity index (χ4n) is 1.71. The summed E-state index contributed by atoms with van der Waals surface area (Å²) < 4.78 is 5.47. The van der Waals surface area contributed by atoms with Crippen LogP contribution < -0.4 is 11.1 Å². The molecule has 5 heteroatoms. The van der Waals surface area contributed by atoms with Crippen molar-refractivity contribution in [3.05, 3.63) is 12.5 Å². The van der Waals surface area contributed by atoms with E-state index in [1.54, 1.807) is 6.20 Å². The summed E-state index contributed by atoms with van der Waals surface area (Å²) in [4.78, 5) is 7.92. The van der Waals surface area contributed by atoms with Crippen LogP contribution in [0.2, 0.25) is 0 Å². The van der Waals surface area contributed by atoms with Gasteiger partial charge >= 0.3 is 0 Å². The van der Waals surface area contributed by atoms with Crippen molar-refractivity contribution in [2.24, 2.45) is 0 Å². The predicted octanol–water partition coefficient (Wildman–Crippen LogP) is 1.04. The van der Waals surface area contributed by atoms with E-state index in [0.717, 1.165) is 25.3 Å². The maximum atomic E-state index is 5.72. The number of nitrogens with two attached hydrogens (primary N) is 1. The van der Waals surface area contributed by atoms with Gasteiger partial charge in [0.15, 0.2) is 5.82 Å². The molecule has 0 radical (unpaired) electrons. The van der Waals surface area contributed by atoms with E-state index in [-0.39, 0.29) is 0 Å². The second-order valence-electron chi connectivity index (χ2n) is 3.72. The van der Waals surface area contributed by atoms with Crippen molar-refractivity contribution in [2.45, 2.75) is 31.9 Å². The fourth-order valence-corrected chi connectivity index (χ4v) is 1.71. The van der Waals surface area contributed by atoms with Gasteiger partial charge in [-0.2, -0.15) is 0 Å². The standard InChI is InChI=1S/C10H16N4O/c1-2-15-8-3-7(4-8)14-10-9(11)5-12-6-13-10/h5-8H,2-4,11H2,1H3,(H,12,13,14). The zero-order valence-electron chi connectivity index (χ0n) is 8.81. The third-order valence-electron chi connectivity index (χ3n) is 2.58. The first kappa shape index (κ1) is 10.2. The molecule has 1 heterocycles. The van der Waals surface area contributed by atoms with Crippen molar-refractivity contribution in [1.82, 2.24) is 9.97 Å². The Morgan fingerprint density at radius 3 is 3.07 bits per heavy atom. The quantitative estimate of drug-likeness (QED) is 0.773. The molecule has 2 rings (SSSR count). The Kier molecular flexibility index (Phi) is 3.01. The van der Waals surface area contributed by atoms with Crippen LogP contribution in [0, 0.1) is 0 Å². The van der Waals surface area contributed by atoms with Crippen molar-refractivity contribution in [3.63, 3.8) is 0 Å². The minimum atomic E-state index is 0.399. The average Bonchev–Trinajstić information content (AvgIpc) is 2.18. The number of rotatable bonds is 4. The van der Waals surface area contributed by atoms with E-state index in [9.17, 15) is 0 Å². The topological polar surface area (TPSA) is 73.1 Å². The van der Waals surface area contributed by atoms with Crippen LogP contribution >= 0.6 is 0 Å². The van der Waals surface area contributed by atoms with Crippen LogP contribution in [0.4, 0.5) is 11.5 Å². The number of hydrogen-bond donors (Lipinski definition) is 2. The van der Waals surface area contributed by atoms with E-state index in [1.807, 2.05) is 6.92 Å². The molecule has 1 fully saturated rings. The van der Waals surface area contributed by atoms with Gasteiger partial charge in [-0.3, -0.25) is 0 Å². The molecule has 1 aromatic rings. The molecule has 82 valence electrons. The lowest BCUT2D eigenvalue weighted by Gasteiger charge is -2.35. The second kappa shape index (κ2) is 4.44. The lowest BCUT2D eigenvalue weighted by atomic mass is 9.89. The van der Waals surface area contributed by atoms with Gasteiger partial charge < -0.3 is 15.8 Å². The summed E-state index contributed by atoms with van der Waals surface area (Å²) in [5, 5.41) is 3.28. The summed E-state index contributed by atoms with van der Waals surface area (Å²) >= 11 is 0. The molecule has 0 saturated heterocycles. The molecule has 0 spiro atoms. The smallest absolute Gasteiger partial charge is 0.152 e. The van der Waals surface area contributed by atoms with Crippen molar-refractivity contribution in [3.8, 4) is 0 Å². The van der Waals surface area contributed by atoms with Crippen LogP contribution in [-0.2, 0) is 4.74 Å². The van der Waals surface area contributed by atoms with Gasteiger partial charge in [0, 0.05) is 12.6 Å². The summed E-state index contributed by atoms with van der Waals surface area (Å²) in [6.07, 6.45) is 5.55. The minimum Gasteiger partial charge on any atom is -0.394 e. The van der Waals surface area contributed by atoms with Gasteiger partial charge in [0.1, 0.15) is 6.33 Å². The summed E-state index contributed by atoms with van der Waals surface area (Å²) in [5.41, 5.74) is 6.32. The summed E-state index contributed by atoms with van der Waals surface area (Å²) in [6.45, 7) is 2.80. The SMILES string of the molecule is CCOC1CC(Nc2ncncc2N)C1. The number of nitrogens with one attached hydrogen (secondary N) is 1. The summed E-state index contributed by atoms with van der Waals surface area (Å²) in [7, 11) is 0. The van der Waals surface area contributed by atoms with Gasteiger partial charge in [0.25, 0.3) is 0 Å².